The number of benzene rings is 4. The normalized spacial score (nSPS) is 13.6. The number of para-hydroxylation sites is 1. The quantitative estimate of drug-likeness (QED) is 0.110. The molecule has 0 spiro atoms. The van der Waals surface area contributed by atoms with Gasteiger partial charge < -0.3 is 14.8 Å². The second kappa shape index (κ2) is 11.3. The molecule has 0 fully saturated rings. The van der Waals surface area contributed by atoms with Gasteiger partial charge in [0.05, 0.1) is 17.0 Å². The van der Waals surface area contributed by atoms with Gasteiger partial charge in [0.25, 0.3) is 5.69 Å². The number of carbonyl (C=O) groups is 1. The molecule has 6 rings (SSSR count). The number of non-ortho nitro benzene ring substituents is 1. The number of nitrogens with zero attached hydrogens (tertiary/aromatic N) is 1. The lowest BCUT2D eigenvalue weighted by atomic mass is 9.83. The van der Waals surface area contributed by atoms with E-state index in [4.69, 9.17) is 4.74 Å². The van der Waals surface area contributed by atoms with Gasteiger partial charge >= 0.3 is 5.97 Å². The van der Waals surface area contributed by atoms with Gasteiger partial charge in [-0.15, -0.1) is 0 Å². The van der Waals surface area contributed by atoms with E-state index in [1.807, 2.05) is 60.7 Å². The van der Waals surface area contributed by atoms with Crippen LogP contribution in [-0.2, 0) is 6.42 Å². The van der Waals surface area contributed by atoms with Crippen LogP contribution in [0.25, 0.3) is 32.8 Å². The van der Waals surface area contributed by atoms with Crippen LogP contribution in [0.4, 0.5) is 5.69 Å². The molecule has 0 saturated heterocycles. The molecular formula is C34H30N2O5. The summed E-state index contributed by atoms with van der Waals surface area (Å²) >= 11 is 0. The van der Waals surface area contributed by atoms with E-state index < -0.39 is 5.97 Å². The molecule has 2 N–H and O–H groups in total. The number of carboxylic acids is 1. The van der Waals surface area contributed by atoms with Gasteiger partial charge in [-0.05, 0) is 84.4 Å². The van der Waals surface area contributed by atoms with Crippen molar-refractivity contribution < 1.29 is 19.6 Å². The summed E-state index contributed by atoms with van der Waals surface area (Å²) in [5, 5.41) is 24.3. The van der Waals surface area contributed by atoms with Gasteiger partial charge in [0.15, 0.2) is 0 Å². The summed E-state index contributed by atoms with van der Waals surface area (Å²) in [7, 11) is 0. The number of aryl methyl sites for hydroxylation is 1. The fraction of sp³-hybridized carbons (Fsp3) is 0.206. The summed E-state index contributed by atoms with van der Waals surface area (Å²) in [5.74, 6) is -0.156. The average Bonchev–Trinajstić information content (AvgIpc) is 3.38. The summed E-state index contributed by atoms with van der Waals surface area (Å²) in [5.41, 5.74) is 6.18. The van der Waals surface area contributed by atoms with E-state index in [0.29, 0.717) is 19.4 Å². The number of ether oxygens (including phenoxy) is 1. The van der Waals surface area contributed by atoms with Gasteiger partial charge in [-0.25, -0.2) is 4.79 Å². The molecule has 0 amide bonds. The molecule has 0 radical (unpaired) electrons. The first-order chi connectivity index (χ1) is 20.0. The van der Waals surface area contributed by atoms with Crippen molar-refractivity contribution in [2.24, 2.45) is 0 Å². The van der Waals surface area contributed by atoms with E-state index in [9.17, 15) is 20.0 Å². The van der Waals surface area contributed by atoms with Gasteiger partial charge in [-0.2, -0.15) is 0 Å². The fourth-order valence-electron chi connectivity index (χ4n) is 6.03. The van der Waals surface area contributed by atoms with Crippen LogP contribution in [0, 0.1) is 10.1 Å². The van der Waals surface area contributed by atoms with Gasteiger partial charge in [0.2, 0.25) is 0 Å². The summed E-state index contributed by atoms with van der Waals surface area (Å²) in [6, 6.07) is 26.8. The molecule has 206 valence electrons. The monoisotopic (exact) mass is 546 g/mol. The Kier molecular flexibility index (Phi) is 7.25. The lowest BCUT2D eigenvalue weighted by molar-refractivity contribution is -0.384. The van der Waals surface area contributed by atoms with E-state index in [0.717, 1.165) is 75.4 Å². The third-order valence-electron chi connectivity index (χ3n) is 7.95. The second-order valence-corrected chi connectivity index (χ2v) is 10.4. The number of aromatic amines is 1. The second-order valence-electron chi connectivity index (χ2n) is 10.4. The number of aromatic nitrogens is 1. The molecule has 0 saturated carbocycles. The number of nitrogens with one attached hydrogen (secondary N) is 1. The van der Waals surface area contributed by atoms with Gasteiger partial charge in [-0.1, -0.05) is 54.6 Å². The molecule has 41 heavy (non-hydrogen) atoms. The molecule has 1 aromatic heterocycles. The largest absolute Gasteiger partial charge is 0.493 e. The highest BCUT2D eigenvalue weighted by atomic mass is 16.6. The lowest BCUT2D eigenvalue weighted by Crippen LogP contribution is -2.04. The van der Waals surface area contributed by atoms with Crippen LogP contribution in [0.15, 0.2) is 84.9 Å². The van der Waals surface area contributed by atoms with Gasteiger partial charge in [0, 0.05) is 28.5 Å². The van der Waals surface area contributed by atoms with Crippen LogP contribution in [0.2, 0.25) is 0 Å². The van der Waals surface area contributed by atoms with Gasteiger partial charge in [-0.3, -0.25) is 10.1 Å². The van der Waals surface area contributed by atoms with Crippen molar-refractivity contribution in [1.82, 2.24) is 4.98 Å². The van der Waals surface area contributed by atoms with Crippen molar-refractivity contribution in [2.45, 2.75) is 38.5 Å². The minimum Gasteiger partial charge on any atom is -0.493 e. The Hall–Kier alpha value is -4.91. The van der Waals surface area contributed by atoms with Crippen LogP contribution in [-0.4, -0.2) is 27.6 Å². The van der Waals surface area contributed by atoms with Crippen molar-refractivity contribution >= 4 is 44.5 Å². The Morgan fingerprint density at radius 3 is 2.37 bits per heavy atom. The van der Waals surface area contributed by atoms with Crippen molar-refractivity contribution in [1.29, 1.82) is 0 Å². The zero-order chi connectivity index (χ0) is 28.3. The number of carboxylic acid groups (broad SMARTS) is 1. The van der Waals surface area contributed by atoms with Crippen LogP contribution in [0.3, 0.4) is 0 Å². The number of nitro benzene ring substituents is 1. The van der Waals surface area contributed by atoms with Crippen LogP contribution in [0.1, 0.15) is 59.3 Å². The Morgan fingerprint density at radius 1 is 0.878 bits per heavy atom. The smallest absolute Gasteiger partial charge is 0.352 e. The summed E-state index contributed by atoms with van der Waals surface area (Å²) < 4.78 is 6.13. The molecule has 7 nitrogen and oxygen atoms in total. The zero-order valence-electron chi connectivity index (χ0n) is 22.6. The Labute approximate surface area is 237 Å². The molecule has 0 aliphatic heterocycles. The summed E-state index contributed by atoms with van der Waals surface area (Å²) in [6.07, 6.45) is 5.03. The van der Waals surface area contributed by atoms with Gasteiger partial charge in [0.1, 0.15) is 11.4 Å². The Morgan fingerprint density at radius 2 is 1.59 bits per heavy atom. The number of hydrogen-bond donors (Lipinski definition) is 2. The molecule has 4 aromatic carbocycles. The number of nitro groups is 1. The Balaban J connectivity index is 1.31. The van der Waals surface area contributed by atoms with E-state index in [1.54, 1.807) is 12.1 Å². The van der Waals surface area contributed by atoms with Crippen LogP contribution >= 0.6 is 0 Å². The molecular weight excluding hydrogens is 516 g/mol. The first-order valence-electron chi connectivity index (χ1n) is 14.0. The Bertz CT molecular complexity index is 1790. The molecule has 1 aliphatic rings. The fourth-order valence-corrected chi connectivity index (χ4v) is 6.03. The maximum absolute atomic E-state index is 12.3. The van der Waals surface area contributed by atoms with Crippen molar-refractivity contribution in [2.75, 3.05) is 6.61 Å². The van der Waals surface area contributed by atoms with Crippen LogP contribution in [0.5, 0.6) is 5.75 Å². The number of rotatable bonds is 9. The van der Waals surface area contributed by atoms with Crippen molar-refractivity contribution in [3.8, 4) is 5.75 Å². The third kappa shape index (κ3) is 5.18. The van der Waals surface area contributed by atoms with E-state index in [-0.39, 0.29) is 16.3 Å². The maximum Gasteiger partial charge on any atom is 0.352 e. The van der Waals surface area contributed by atoms with Crippen molar-refractivity contribution in [3.63, 3.8) is 0 Å². The molecule has 0 unspecified atom stereocenters. The predicted molar refractivity (Wildman–Crippen MR) is 161 cm³/mol. The molecule has 1 aliphatic carbocycles. The molecule has 5 aromatic rings. The molecule has 0 atom stereocenters. The third-order valence-corrected chi connectivity index (χ3v) is 7.95. The molecule has 7 heteroatoms. The number of fused-ring (bicyclic) bond motifs is 2. The highest BCUT2D eigenvalue weighted by molar-refractivity contribution is 6.05. The standard InChI is InChI=1S/C34H30N2O5/c37-34(38)33-30(15-7-21-41-31-16-5-9-22-8-1-2-11-26(22)31)29-14-6-13-28(32(29)35-33)27-12-4-3-10-25(27)23-17-19-24(20-18-23)36(39)40/h1-2,5-6,8-9,11,13-14,16-20,35H,3-4,7,10,12,15,21H2,(H,37,38). The molecule has 0 bridgehead atoms. The topological polar surface area (TPSA) is 105 Å². The number of H-pyrrole nitrogens is 1. The number of hydrogen-bond acceptors (Lipinski definition) is 4. The maximum atomic E-state index is 12.3. The van der Waals surface area contributed by atoms with E-state index in [1.165, 1.54) is 5.57 Å². The predicted octanol–water partition coefficient (Wildman–Crippen LogP) is 8.42. The zero-order valence-corrected chi connectivity index (χ0v) is 22.6. The first-order valence-corrected chi connectivity index (χ1v) is 14.0. The number of allylic oxidation sites excluding steroid dienone is 2. The van der Waals surface area contributed by atoms with E-state index in [2.05, 4.69) is 17.1 Å². The van der Waals surface area contributed by atoms with Crippen molar-refractivity contribution in [3.05, 3.63) is 117 Å². The summed E-state index contributed by atoms with van der Waals surface area (Å²) in [4.78, 5) is 26.3. The highest BCUT2D eigenvalue weighted by Gasteiger charge is 2.23. The average molecular weight is 547 g/mol. The number of aromatic carboxylic acids is 1. The SMILES string of the molecule is O=C(O)c1[nH]c2c(C3=C(c4ccc([N+](=O)[O-])cc4)CCCC3)cccc2c1CCCOc1cccc2ccccc12. The van der Waals surface area contributed by atoms with E-state index >= 15 is 0 Å². The minimum atomic E-state index is -0.981. The van der Waals surface area contributed by atoms with Crippen LogP contribution < -0.4 is 4.74 Å². The highest BCUT2D eigenvalue weighted by Crippen LogP contribution is 2.41. The first kappa shape index (κ1) is 26.3. The molecule has 1 heterocycles. The lowest BCUT2D eigenvalue weighted by Gasteiger charge is -2.22. The summed E-state index contributed by atoms with van der Waals surface area (Å²) in [6.45, 7) is 0.467. The minimum absolute atomic E-state index is 0.0679.